The summed E-state index contributed by atoms with van der Waals surface area (Å²) in [5.41, 5.74) is 1.62. The number of hydrogen-bond donors (Lipinski definition) is 0. The Morgan fingerprint density at radius 3 is 2.75 bits per heavy atom. The number of allylic oxidation sites excluding steroid dienone is 3. The monoisotopic (exact) mass is 265 g/mol. The van der Waals surface area contributed by atoms with Crippen LogP contribution in [0.25, 0.3) is 0 Å². The third-order valence-corrected chi connectivity index (χ3v) is 3.09. The molecule has 0 radical (unpaired) electrons. The summed E-state index contributed by atoms with van der Waals surface area (Å²) in [7, 11) is 0. The van der Waals surface area contributed by atoms with Gasteiger partial charge in [0, 0.05) is 17.4 Å². The third kappa shape index (κ3) is 2.23. The van der Waals surface area contributed by atoms with Gasteiger partial charge in [0.05, 0.1) is 5.56 Å². The van der Waals surface area contributed by atoms with Gasteiger partial charge in [0.25, 0.3) is 5.91 Å². The summed E-state index contributed by atoms with van der Waals surface area (Å²) in [5.74, 6) is -0.732. The Morgan fingerprint density at radius 1 is 1.15 bits per heavy atom. The second-order valence-corrected chi connectivity index (χ2v) is 4.36. The summed E-state index contributed by atoms with van der Waals surface area (Å²) < 4.78 is 5.45. The first kappa shape index (κ1) is 12.3. The number of esters is 1. The average Bonchev–Trinajstić information content (AvgIpc) is 2.49. The Bertz CT molecular complexity index is 681. The summed E-state index contributed by atoms with van der Waals surface area (Å²) in [6.07, 6.45) is 7.68. The predicted octanol–water partition coefficient (Wildman–Crippen LogP) is 2.25. The molecule has 0 N–H and O–H groups in total. The summed E-state index contributed by atoms with van der Waals surface area (Å²) >= 11 is 0. The van der Waals surface area contributed by atoms with Gasteiger partial charge in [-0.2, -0.15) is 0 Å². The van der Waals surface area contributed by atoms with E-state index < -0.39 is 12.1 Å². The Kier molecular flexibility index (Phi) is 3.13. The van der Waals surface area contributed by atoms with E-state index >= 15 is 0 Å². The van der Waals surface area contributed by atoms with E-state index in [1.807, 2.05) is 6.07 Å². The third-order valence-electron chi connectivity index (χ3n) is 3.09. The number of rotatable bonds is 2. The van der Waals surface area contributed by atoms with E-state index in [-0.39, 0.29) is 5.91 Å². The van der Waals surface area contributed by atoms with Crippen molar-refractivity contribution in [2.45, 2.75) is 6.10 Å². The van der Waals surface area contributed by atoms with Crippen LogP contribution < -0.4 is 0 Å². The number of benzene rings is 1. The lowest BCUT2D eigenvalue weighted by molar-refractivity contribution is -0.114. The Hall–Kier alpha value is -2.75. The zero-order valence-electron chi connectivity index (χ0n) is 10.5. The topological polar surface area (TPSA) is 55.7 Å². The van der Waals surface area contributed by atoms with Crippen LogP contribution in [0.1, 0.15) is 10.4 Å². The van der Waals surface area contributed by atoms with Gasteiger partial charge in [-0.1, -0.05) is 24.3 Å². The molecule has 98 valence electrons. The molecular weight excluding hydrogens is 254 g/mol. The van der Waals surface area contributed by atoms with Crippen LogP contribution in [0, 0.1) is 0 Å². The Morgan fingerprint density at radius 2 is 1.95 bits per heavy atom. The first-order chi connectivity index (χ1) is 9.75. The van der Waals surface area contributed by atoms with Gasteiger partial charge in [-0.15, -0.1) is 0 Å². The lowest BCUT2D eigenvalue weighted by Crippen LogP contribution is -2.25. The molecule has 0 saturated heterocycles. The van der Waals surface area contributed by atoms with Crippen molar-refractivity contribution in [3.05, 3.63) is 71.3 Å². The maximum Gasteiger partial charge on any atom is 0.339 e. The number of fused-ring (bicyclic) bond motifs is 1. The van der Waals surface area contributed by atoms with Crippen molar-refractivity contribution in [2.24, 2.45) is 4.99 Å². The fourth-order valence-electron chi connectivity index (χ4n) is 2.10. The molecule has 1 heterocycles. The summed E-state index contributed by atoms with van der Waals surface area (Å²) in [4.78, 5) is 27.4. The lowest BCUT2D eigenvalue weighted by atomic mass is 9.93. The average molecular weight is 265 g/mol. The van der Waals surface area contributed by atoms with Crippen molar-refractivity contribution >= 4 is 18.1 Å². The number of carbonyl (C=O) groups is 2. The Labute approximate surface area is 115 Å². The highest BCUT2D eigenvalue weighted by Crippen LogP contribution is 2.26. The van der Waals surface area contributed by atoms with Crippen LogP contribution in [0.15, 0.2) is 70.8 Å². The molecule has 1 aromatic rings. The SMILES string of the molecule is O=C1N=CC=C2C1=CC=CC2OC(=O)c1ccccc1. The van der Waals surface area contributed by atoms with Gasteiger partial charge in [0.1, 0.15) is 6.10 Å². The van der Waals surface area contributed by atoms with Gasteiger partial charge in [-0.3, -0.25) is 4.79 Å². The first-order valence-corrected chi connectivity index (χ1v) is 6.19. The van der Waals surface area contributed by atoms with Crippen LogP contribution in [0.3, 0.4) is 0 Å². The van der Waals surface area contributed by atoms with Gasteiger partial charge in [-0.25, -0.2) is 9.79 Å². The molecule has 1 aromatic carbocycles. The molecule has 0 saturated carbocycles. The highest BCUT2D eigenvalue weighted by Gasteiger charge is 2.27. The number of amides is 1. The zero-order valence-corrected chi connectivity index (χ0v) is 10.5. The smallest absolute Gasteiger partial charge is 0.339 e. The van der Waals surface area contributed by atoms with E-state index in [2.05, 4.69) is 4.99 Å². The maximum atomic E-state index is 12.0. The van der Waals surface area contributed by atoms with Crippen LogP contribution in [-0.4, -0.2) is 24.2 Å². The molecular formula is C16H11NO3. The molecule has 1 aliphatic heterocycles. The molecule has 4 heteroatoms. The molecule has 3 rings (SSSR count). The largest absolute Gasteiger partial charge is 0.450 e. The van der Waals surface area contributed by atoms with Gasteiger partial charge in [0.15, 0.2) is 0 Å². The molecule has 20 heavy (non-hydrogen) atoms. The number of ether oxygens (including phenoxy) is 1. The zero-order chi connectivity index (χ0) is 13.9. The highest BCUT2D eigenvalue weighted by atomic mass is 16.5. The van der Waals surface area contributed by atoms with Crippen molar-refractivity contribution in [3.63, 3.8) is 0 Å². The molecule has 0 spiro atoms. The molecule has 4 nitrogen and oxygen atoms in total. The lowest BCUT2D eigenvalue weighted by Gasteiger charge is -2.22. The van der Waals surface area contributed by atoms with Crippen molar-refractivity contribution in [1.29, 1.82) is 0 Å². The van der Waals surface area contributed by atoms with E-state index in [1.165, 1.54) is 6.21 Å². The predicted molar refractivity (Wildman–Crippen MR) is 74.5 cm³/mol. The molecule has 0 aromatic heterocycles. The molecule has 1 amide bonds. The maximum absolute atomic E-state index is 12.0. The van der Waals surface area contributed by atoms with Crippen molar-refractivity contribution in [3.8, 4) is 0 Å². The van der Waals surface area contributed by atoms with Gasteiger partial charge >= 0.3 is 5.97 Å². The van der Waals surface area contributed by atoms with Crippen LogP contribution in [0.2, 0.25) is 0 Å². The standard InChI is InChI=1S/C16H11NO3/c18-15-13-7-4-8-14(12(13)9-10-17-15)20-16(19)11-5-2-1-3-6-11/h1-10,14H. The number of dihydropyridines is 1. The minimum atomic E-state index is -0.557. The molecule has 0 fully saturated rings. The van der Waals surface area contributed by atoms with Crippen LogP contribution in [-0.2, 0) is 9.53 Å². The number of aliphatic imine (C=N–C) groups is 1. The van der Waals surface area contributed by atoms with Crippen molar-refractivity contribution in [1.82, 2.24) is 0 Å². The van der Waals surface area contributed by atoms with E-state index in [9.17, 15) is 9.59 Å². The normalized spacial score (nSPS) is 20.0. The van der Waals surface area contributed by atoms with Crippen LogP contribution in [0.5, 0.6) is 0 Å². The Balaban J connectivity index is 1.82. The quantitative estimate of drug-likeness (QED) is 0.771. The van der Waals surface area contributed by atoms with Gasteiger partial charge in [-0.05, 0) is 30.4 Å². The molecule has 1 atom stereocenters. The molecule has 0 bridgehead atoms. The number of nitrogens with zero attached hydrogens (tertiary/aromatic N) is 1. The first-order valence-electron chi connectivity index (χ1n) is 6.19. The van der Waals surface area contributed by atoms with Crippen molar-refractivity contribution in [2.75, 3.05) is 0 Å². The van der Waals surface area contributed by atoms with Gasteiger partial charge in [0.2, 0.25) is 0 Å². The summed E-state index contributed by atoms with van der Waals surface area (Å²) in [6, 6.07) is 8.75. The fourth-order valence-corrected chi connectivity index (χ4v) is 2.10. The molecule has 1 unspecified atom stereocenters. The van der Waals surface area contributed by atoms with E-state index in [0.29, 0.717) is 16.7 Å². The molecule has 2 aliphatic rings. The minimum absolute atomic E-state index is 0.312. The second-order valence-electron chi connectivity index (χ2n) is 4.36. The number of carbonyl (C=O) groups excluding carboxylic acids is 2. The van der Waals surface area contributed by atoms with Crippen molar-refractivity contribution < 1.29 is 14.3 Å². The number of hydrogen-bond acceptors (Lipinski definition) is 3. The minimum Gasteiger partial charge on any atom is -0.450 e. The second kappa shape index (κ2) is 5.09. The summed E-state index contributed by atoms with van der Waals surface area (Å²) in [6.45, 7) is 0. The van der Waals surface area contributed by atoms with E-state index in [0.717, 1.165) is 0 Å². The fraction of sp³-hybridized carbons (Fsp3) is 0.0625. The van der Waals surface area contributed by atoms with E-state index in [1.54, 1.807) is 48.6 Å². The van der Waals surface area contributed by atoms with Crippen LogP contribution >= 0.6 is 0 Å². The summed E-state index contributed by atoms with van der Waals surface area (Å²) in [5, 5.41) is 0. The van der Waals surface area contributed by atoms with E-state index in [4.69, 9.17) is 4.74 Å². The highest BCUT2D eigenvalue weighted by molar-refractivity contribution is 6.08. The molecule has 1 aliphatic carbocycles. The van der Waals surface area contributed by atoms with Crippen LogP contribution in [0.4, 0.5) is 0 Å². The van der Waals surface area contributed by atoms with Gasteiger partial charge < -0.3 is 4.74 Å².